The summed E-state index contributed by atoms with van der Waals surface area (Å²) >= 11 is 0. The highest BCUT2D eigenvalue weighted by Gasteiger charge is 2.61. The van der Waals surface area contributed by atoms with Gasteiger partial charge in [-0.2, -0.15) is 5.26 Å². The first-order chi connectivity index (χ1) is 13.7. The molecular formula is C27H44N2. The Morgan fingerprint density at radius 1 is 1.07 bits per heavy atom. The van der Waals surface area contributed by atoms with Crippen LogP contribution in [0.1, 0.15) is 91.9 Å². The van der Waals surface area contributed by atoms with Gasteiger partial charge < -0.3 is 5.73 Å². The minimum Gasteiger partial charge on any atom is -0.327 e. The summed E-state index contributed by atoms with van der Waals surface area (Å²) in [5, 5.41) is 9.08. The minimum atomic E-state index is 0.418. The van der Waals surface area contributed by atoms with Crippen molar-refractivity contribution in [3.05, 3.63) is 12.2 Å². The van der Waals surface area contributed by atoms with E-state index in [1.807, 2.05) is 0 Å². The first-order valence-corrected chi connectivity index (χ1v) is 12.5. The summed E-state index contributed by atoms with van der Waals surface area (Å²) in [6, 6.07) is 2.66. The van der Waals surface area contributed by atoms with Crippen molar-refractivity contribution >= 4 is 0 Å². The molecule has 162 valence electrons. The average molecular weight is 397 g/mol. The normalized spacial score (nSPS) is 50.0. The maximum absolute atomic E-state index is 9.08. The Kier molecular flexibility index (Phi) is 5.69. The summed E-state index contributed by atoms with van der Waals surface area (Å²) in [5.74, 6) is 5.76. The zero-order valence-corrected chi connectivity index (χ0v) is 19.4. The first kappa shape index (κ1) is 21.4. The van der Waals surface area contributed by atoms with E-state index in [9.17, 15) is 0 Å². The molecule has 10 atom stereocenters. The number of nitrogens with two attached hydrogens (primary N) is 1. The SMILES string of the molecule is C=C(C#N)CCC(C)C1CCC2C3CC(N)C4CC(C)CCC4(C)C3CCC12C. The molecule has 0 bridgehead atoms. The Morgan fingerprint density at radius 2 is 1.76 bits per heavy atom. The zero-order chi connectivity index (χ0) is 21.0. The van der Waals surface area contributed by atoms with E-state index in [1.54, 1.807) is 0 Å². The molecule has 4 fully saturated rings. The molecule has 10 unspecified atom stereocenters. The molecular weight excluding hydrogens is 352 g/mol. The third kappa shape index (κ3) is 3.40. The summed E-state index contributed by atoms with van der Waals surface area (Å²) in [5.41, 5.74) is 8.65. The van der Waals surface area contributed by atoms with Crippen LogP contribution in [0.25, 0.3) is 0 Å². The van der Waals surface area contributed by atoms with Crippen molar-refractivity contribution in [1.29, 1.82) is 5.26 Å². The number of hydrogen-bond donors (Lipinski definition) is 1. The number of rotatable bonds is 4. The first-order valence-electron chi connectivity index (χ1n) is 12.5. The molecule has 2 N–H and O–H groups in total. The molecule has 2 nitrogen and oxygen atoms in total. The van der Waals surface area contributed by atoms with Gasteiger partial charge in [-0.1, -0.05) is 40.7 Å². The highest BCUT2D eigenvalue weighted by Crippen LogP contribution is 2.68. The van der Waals surface area contributed by atoms with Gasteiger partial charge in [0, 0.05) is 11.6 Å². The Hall–Kier alpha value is -0.810. The third-order valence-corrected chi connectivity index (χ3v) is 10.8. The summed E-state index contributed by atoms with van der Waals surface area (Å²) in [6.45, 7) is 14.1. The number of allylic oxidation sites excluding steroid dienone is 1. The number of nitrogens with zero attached hydrogens (tertiary/aromatic N) is 1. The Morgan fingerprint density at radius 3 is 2.48 bits per heavy atom. The van der Waals surface area contributed by atoms with Crippen LogP contribution in [0.15, 0.2) is 12.2 Å². The maximum atomic E-state index is 9.08. The minimum absolute atomic E-state index is 0.418. The van der Waals surface area contributed by atoms with Crippen molar-refractivity contribution in [2.45, 2.75) is 97.9 Å². The van der Waals surface area contributed by atoms with Crippen LogP contribution in [-0.4, -0.2) is 6.04 Å². The summed E-state index contributed by atoms with van der Waals surface area (Å²) in [6.07, 6.45) is 13.1. The van der Waals surface area contributed by atoms with Gasteiger partial charge in [0.25, 0.3) is 0 Å². The molecule has 4 aliphatic carbocycles. The Labute approximate surface area is 179 Å². The number of hydrogen-bond acceptors (Lipinski definition) is 2. The van der Waals surface area contributed by atoms with Crippen LogP contribution >= 0.6 is 0 Å². The van der Waals surface area contributed by atoms with E-state index < -0.39 is 0 Å². The van der Waals surface area contributed by atoms with E-state index in [0.717, 1.165) is 53.9 Å². The van der Waals surface area contributed by atoms with Crippen LogP contribution in [0.3, 0.4) is 0 Å². The van der Waals surface area contributed by atoms with Crippen LogP contribution in [0.4, 0.5) is 0 Å². The molecule has 4 saturated carbocycles. The van der Waals surface area contributed by atoms with Crippen LogP contribution in [0, 0.1) is 63.6 Å². The van der Waals surface area contributed by atoms with Gasteiger partial charge in [0.2, 0.25) is 0 Å². The Bertz CT molecular complexity index is 677. The van der Waals surface area contributed by atoms with Gasteiger partial charge >= 0.3 is 0 Å². The zero-order valence-electron chi connectivity index (χ0n) is 19.4. The lowest BCUT2D eigenvalue weighted by molar-refractivity contribution is -0.127. The molecule has 29 heavy (non-hydrogen) atoms. The quantitative estimate of drug-likeness (QED) is 0.536. The molecule has 0 aromatic carbocycles. The second kappa shape index (κ2) is 7.71. The fourth-order valence-corrected chi connectivity index (χ4v) is 9.24. The molecule has 2 heteroatoms. The highest BCUT2D eigenvalue weighted by molar-refractivity contribution is 5.16. The highest BCUT2D eigenvalue weighted by atomic mass is 14.8. The van der Waals surface area contributed by atoms with Crippen LogP contribution in [0.2, 0.25) is 0 Å². The second-order valence-corrected chi connectivity index (χ2v) is 12.2. The fraction of sp³-hybridized carbons (Fsp3) is 0.889. The molecule has 4 aliphatic rings. The van der Waals surface area contributed by atoms with Crippen LogP contribution < -0.4 is 5.73 Å². The van der Waals surface area contributed by atoms with Gasteiger partial charge in [0.05, 0.1) is 6.07 Å². The number of fused-ring (bicyclic) bond motifs is 5. The van der Waals surface area contributed by atoms with Crippen LogP contribution in [0.5, 0.6) is 0 Å². The lowest BCUT2D eigenvalue weighted by Crippen LogP contribution is -2.59. The van der Waals surface area contributed by atoms with Crippen molar-refractivity contribution in [1.82, 2.24) is 0 Å². The average Bonchev–Trinajstić information content (AvgIpc) is 3.05. The molecule has 0 heterocycles. The largest absolute Gasteiger partial charge is 0.327 e. The maximum Gasteiger partial charge on any atom is 0.0940 e. The molecule has 0 aromatic rings. The third-order valence-electron chi connectivity index (χ3n) is 10.8. The van der Waals surface area contributed by atoms with Gasteiger partial charge in [-0.15, -0.1) is 0 Å². The lowest BCUT2D eigenvalue weighted by atomic mass is 9.43. The standard InChI is InChI=1S/C27H44N2/c1-17-10-12-27(5)23-11-13-26(4)21(19(3)7-6-18(2)16-28)8-9-22(26)20(23)15-25(29)24(27)14-17/h17,19-25H,2,6-15,29H2,1,3-5H3. The van der Waals surface area contributed by atoms with Crippen molar-refractivity contribution in [2.24, 2.45) is 58.0 Å². The van der Waals surface area contributed by atoms with Gasteiger partial charge in [0.15, 0.2) is 0 Å². The fourth-order valence-electron chi connectivity index (χ4n) is 9.24. The summed E-state index contributed by atoms with van der Waals surface area (Å²) in [7, 11) is 0. The second-order valence-electron chi connectivity index (χ2n) is 12.2. The van der Waals surface area contributed by atoms with Gasteiger partial charge in [0.1, 0.15) is 0 Å². The molecule has 0 radical (unpaired) electrons. The predicted molar refractivity (Wildman–Crippen MR) is 121 cm³/mol. The molecule has 0 amide bonds. The smallest absolute Gasteiger partial charge is 0.0940 e. The van der Waals surface area contributed by atoms with E-state index >= 15 is 0 Å². The van der Waals surface area contributed by atoms with Crippen molar-refractivity contribution < 1.29 is 0 Å². The predicted octanol–water partition coefficient (Wildman–Crippen LogP) is 6.71. The molecule has 0 aromatic heterocycles. The summed E-state index contributed by atoms with van der Waals surface area (Å²) < 4.78 is 0. The van der Waals surface area contributed by atoms with Gasteiger partial charge in [-0.3, -0.25) is 0 Å². The van der Waals surface area contributed by atoms with E-state index in [-0.39, 0.29) is 0 Å². The molecule has 0 saturated heterocycles. The van der Waals surface area contributed by atoms with Gasteiger partial charge in [-0.25, -0.2) is 0 Å². The topological polar surface area (TPSA) is 49.8 Å². The van der Waals surface area contributed by atoms with Crippen molar-refractivity contribution in [3.8, 4) is 6.07 Å². The van der Waals surface area contributed by atoms with Crippen molar-refractivity contribution in [2.75, 3.05) is 0 Å². The Balaban J connectivity index is 1.53. The molecule has 0 spiro atoms. The number of nitriles is 1. The molecule has 0 aliphatic heterocycles. The van der Waals surface area contributed by atoms with E-state index in [4.69, 9.17) is 11.0 Å². The van der Waals surface area contributed by atoms with Crippen molar-refractivity contribution in [3.63, 3.8) is 0 Å². The monoisotopic (exact) mass is 396 g/mol. The van der Waals surface area contributed by atoms with Gasteiger partial charge in [-0.05, 0) is 110 Å². The molecule has 4 rings (SSSR count). The summed E-state index contributed by atoms with van der Waals surface area (Å²) in [4.78, 5) is 0. The van der Waals surface area contributed by atoms with E-state index in [0.29, 0.717) is 22.8 Å². The van der Waals surface area contributed by atoms with E-state index in [2.05, 4.69) is 40.3 Å². The van der Waals surface area contributed by atoms with E-state index in [1.165, 1.54) is 51.4 Å². The lowest BCUT2D eigenvalue weighted by Gasteiger charge is -2.63. The van der Waals surface area contributed by atoms with Crippen LogP contribution in [-0.2, 0) is 0 Å².